The van der Waals surface area contributed by atoms with E-state index in [-0.39, 0.29) is 11.7 Å². The van der Waals surface area contributed by atoms with Gasteiger partial charge in [-0.1, -0.05) is 19.1 Å². The summed E-state index contributed by atoms with van der Waals surface area (Å²) in [5, 5.41) is 13.4. The number of carbonyl (C=O) groups is 1. The largest absolute Gasteiger partial charge is 0.508 e. The molecule has 0 fully saturated rings. The molecular weight excluding hydrogens is 316 g/mol. The van der Waals surface area contributed by atoms with E-state index in [0.717, 1.165) is 29.6 Å². The van der Waals surface area contributed by atoms with Crippen LogP contribution in [0.2, 0.25) is 0 Å². The Kier molecular flexibility index (Phi) is 5.05. The quantitative estimate of drug-likeness (QED) is 0.712. The number of rotatable bonds is 6. The molecule has 0 saturated carbocycles. The SMILES string of the molecule is CCCn1ccc2cc(NC(=O)C(OC)c3ccc(O)cc3)ccc21. The highest BCUT2D eigenvalue weighted by Crippen LogP contribution is 2.24. The van der Waals surface area contributed by atoms with E-state index < -0.39 is 6.10 Å². The maximum atomic E-state index is 12.6. The van der Waals surface area contributed by atoms with Gasteiger partial charge in [-0.05, 0) is 48.4 Å². The summed E-state index contributed by atoms with van der Waals surface area (Å²) in [6, 6.07) is 14.4. The normalized spacial score (nSPS) is 12.2. The average molecular weight is 338 g/mol. The lowest BCUT2D eigenvalue weighted by molar-refractivity contribution is -0.126. The zero-order chi connectivity index (χ0) is 17.8. The van der Waals surface area contributed by atoms with Crippen LogP contribution in [-0.2, 0) is 16.1 Å². The van der Waals surface area contributed by atoms with Crippen LogP contribution >= 0.6 is 0 Å². The minimum atomic E-state index is -0.735. The third kappa shape index (κ3) is 3.67. The topological polar surface area (TPSA) is 63.5 Å². The van der Waals surface area contributed by atoms with Gasteiger partial charge < -0.3 is 19.7 Å². The number of phenolic OH excluding ortho intramolecular Hbond substituents is 1. The fourth-order valence-electron chi connectivity index (χ4n) is 2.97. The van der Waals surface area contributed by atoms with Gasteiger partial charge in [0.2, 0.25) is 0 Å². The number of phenols is 1. The van der Waals surface area contributed by atoms with Crippen molar-refractivity contribution in [3.8, 4) is 5.75 Å². The number of amides is 1. The molecule has 1 unspecified atom stereocenters. The fraction of sp³-hybridized carbons (Fsp3) is 0.250. The number of ether oxygens (including phenoxy) is 1. The van der Waals surface area contributed by atoms with Crippen LogP contribution in [0.4, 0.5) is 5.69 Å². The first-order chi connectivity index (χ1) is 12.1. The van der Waals surface area contributed by atoms with Gasteiger partial charge >= 0.3 is 0 Å². The molecule has 2 aromatic carbocycles. The number of anilines is 1. The molecule has 1 heterocycles. The lowest BCUT2D eigenvalue weighted by Crippen LogP contribution is -2.22. The van der Waals surface area contributed by atoms with Gasteiger partial charge in [0, 0.05) is 36.4 Å². The Bertz CT molecular complexity index is 868. The van der Waals surface area contributed by atoms with E-state index in [2.05, 4.69) is 29.1 Å². The second-order valence-electron chi connectivity index (χ2n) is 5.98. The number of nitrogens with one attached hydrogen (secondary N) is 1. The third-order valence-corrected chi connectivity index (χ3v) is 4.17. The Morgan fingerprint density at radius 2 is 1.96 bits per heavy atom. The molecular formula is C20H22N2O3. The Hall–Kier alpha value is -2.79. The van der Waals surface area contributed by atoms with E-state index in [9.17, 15) is 9.90 Å². The highest BCUT2D eigenvalue weighted by molar-refractivity contribution is 5.97. The van der Waals surface area contributed by atoms with Crippen molar-refractivity contribution < 1.29 is 14.6 Å². The molecule has 0 aliphatic heterocycles. The second-order valence-corrected chi connectivity index (χ2v) is 5.98. The summed E-state index contributed by atoms with van der Waals surface area (Å²) in [7, 11) is 1.49. The van der Waals surface area contributed by atoms with Crippen molar-refractivity contribution in [3.05, 3.63) is 60.3 Å². The Labute approximate surface area is 146 Å². The monoisotopic (exact) mass is 338 g/mol. The molecule has 1 atom stereocenters. The van der Waals surface area contributed by atoms with Crippen LogP contribution in [0, 0.1) is 0 Å². The zero-order valence-corrected chi connectivity index (χ0v) is 14.4. The number of benzene rings is 2. The molecule has 0 spiro atoms. The van der Waals surface area contributed by atoms with Gasteiger partial charge in [0.1, 0.15) is 5.75 Å². The van der Waals surface area contributed by atoms with Crippen molar-refractivity contribution in [2.45, 2.75) is 26.0 Å². The number of aryl methyl sites for hydroxylation is 1. The molecule has 5 nitrogen and oxygen atoms in total. The van der Waals surface area contributed by atoms with Crippen LogP contribution in [0.1, 0.15) is 25.0 Å². The molecule has 25 heavy (non-hydrogen) atoms. The van der Waals surface area contributed by atoms with Crippen molar-refractivity contribution in [1.82, 2.24) is 4.57 Å². The van der Waals surface area contributed by atoms with E-state index in [1.54, 1.807) is 12.1 Å². The van der Waals surface area contributed by atoms with Gasteiger partial charge in [-0.3, -0.25) is 4.79 Å². The molecule has 0 saturated heterocycles. The number of aromatic nitrogens is 1. The number of carbonyl (C=O) groups excluding carboxylic acids is 1. The van der Waals surface area contributed by atoms with E-state index in [4.69, 9.17) is 4.74 Å². The van der Waals surface area contributed by atoms with Gasteiger partial charge in [0.25, 0.3) is 5.91 Å². The van der Waals surface area contributed by atoms with Crippen molar-refractivity contribution in [2.24, 2.45) is 0 Å². The molecule has 0 bridgehead atoms. The Morgan fingerprint density at radius 1 is 1.20 bits per heavy atom. The van der Waals surface area contributed by atoms with Gasteiger partial charge in [0.05, 0.1) is 0 Å². The molecule has 1 aromatic heterocycles. The highest BCUT2D eigenvalue weighted by atomic mass is 16.5. The number of methoxy groups -OCH3 is 1. The molecule has 130 valence electrons. The molecule has 0 aliphatic rings. The number of nitrogens with zero attached hydrogens (tertiary/aromatic N) is 1. The van der Waals surface area contributed by atoms with Gasteiger partial charge in [-0.15, -0.1) is 0 Å². The summed E-state index contributed by atoms with van der Waals surface area (Å²) in [6.07, 6.45) is 2.40. The van der Waals surface area contributed by atoms with Crippen molar-refractivity contribution >= 4 is 22.5 Å². The van der Waals surface area contributed by atoms with Crippen molar-refractivity contribution in [2.75, 3.05) is 12.4 Å². The highest BCUT2D eigenvalue weighted by Gasteiger charge is 2.20. The van der Waals surface area contributed by atoms with Crippen molar-refractivity contribution in [1.29, 1.82) is 0 Å². The van der Waals surface area contributed by atoms with E-state index in [0.29, 0.717) is 5.56 Å². The maximum absolute atomic E-state index is 12.6. The summed E-state index contributed by atoms with van der Waals surface area (Å²) < 4.78 is 7.54. The predicted molar refractivity (Wildman–Crippen MR) is 98.7 cm³/mol. The lowest BCUT2D eigenvalue weighted by Gasteiger charge is -2.16. The number of aromatic hydroxyl groups is 1. The predicted octanol–water partition coefficient (Wildman–Crippen LogP) is 4.08. The minimum absolute atomic E-state index is 0.154. The summed E-state index contributed by atoms with van der Waals surface area (Å²) in [6.45, 7) is 3.12. The molecule has 2 N–H and O–H groups in total. The fourth-order valence-corrected chi connectivity index (χ4v) is 2.97. The molecule has 3 aromatic rings. The van der Waals surface area contributed by atoms with Crippen LogP contribution in [0.3, 0.4) is 0 Å². The molecule has 0 radical (unpaired) electrons. The van der Waals surface area contributed by atoms with Crippen LogP contribution in [0.5, 0.6) is 5.75 Å². The van der Waals surface area contributed by atoms with Gasteiger partial charge in [-0.2, -0.15) is 0 Å². The van der Waals surface area contributed by atoms with E-state index >= 15 is 0 Å². The second kappa shape index (κ2) is 7.40. The average Bonchev–Trinajstić information content (AvgIpc) is 3.00. The Balaban J connectivity index is 1.79. The van der Waals surface area contributed by atoms with E-state index in [1.807, 2.05) is 18.2 Å². The number of hydrogen-bond acceptors (Lipinski definition) is 3. The molecule has 1 amide bonds. The van der Waals surface area contributed by atoms with Crippen LogP contribution < -0.4 is 5.32 Å². The summed E-state index contributed by atoms with van der Waals surface area (Å²) in [5.41, 5.74) is 2.57. The molecule has 5 heteroatoms. The summed E-state index contributed by atoms with van der Waals surface area (Å²) >= 11 is 0. The van der Waals surface area contributed by atoms with Gasteiger partial charge in [0.15, 0.2) is 6.10 Å². The Morgan fingerprint density at radius 3 is 2.64 bits per heavy atom. The first-order valence-electron chi connectivity index (χ1n) is 8.34. The summed E-state index contributed by atoms with van der Waals surface area (Å²) in [4.78, 5) is 12.6. The first-order valence-corrected chi connectivity index (χ1v) is 8.34. The third-order valence-electron chi connectivity index (χ3n) is 4.17. The summed E-state index contributed by atoms with van der Waals surface area (Å²) in [5.74, 6) is -0.0958. The zero-order valence-electron chi connectivity index (χ0n) is 14.4. The van der Waals surface area contributed by atoms with Crippen LogP contribution in [0.15, 0.2) is 54.7 Å². The van der Waals surface area contributed by atoms with Crippen LogP contribution in [0.25, 0.3) is 10.9 Å². The van der Waals surface area contributed by atoms with Crippen molar-refractivity contribution in [3.63, 3.8) is 0 Å². The van der Waals surface area contributed by atoms with Crippen LogP contribution in [-0.4, -0.2) is 22.7 Å². The standard InChI is InChI=1S/C20H22N2O3/c1-3-11-22-12-10-15-13-16(6-9-18(15)22)21-20(24)19(25-2)14-4-7-17(23)8-5-14/h4-10,12-13,19,23H,3,11H2,1-2H3,(H,21,24). The molecule has 0 aliphatic carbocycles. The lowest BCUT2D eigenvalue weighted by atomic mass is 10.1. The minimum Gasteiger partial charge on any atom is -0.508 e. The van der Waals surface area contributed by atoms with E-state index in [1.165, 1.54) is 19.2 Å². The first kappa shape index (κ1) is 17.0. The number of hydrogen-bond donors (Lipinski definition) is 2. The number of fused-ring (bicyclic) bond motifs is 1. The maximum Gasteiger partial charge on any atom is 0.258 e. The van der Waals surface area contributed by atoms with Gasteiger partial charge in [-0.25, -0.2) is 0 Å². The molecule has 3 rings (SSSR count). The smallest absolute Gasteiger partial charge is 0.258 e.